The van der Waals surface area contributed by atoms with Gasteiger partial charge in [-0.2, -0.15) is 0 Å². The summed E-state index contributed by atoms with van der Waals surface area (Å²) < 4.78 is 4.62. The molecule has 22 heavy (non-hydrogen) atoms. The molecule has 2 aromatic rings. The van der Waals surface area contributed by atoms with Crippen LogP contribution >= 0.6 is 0 Å². The van der Waals surface area contributed by atoms with E-state index < -0.39 is 11.9 Å². The lowest BCUT2D eigenvalue weighted by Gasteiger charge is -2.09. The highest BCUT2D eigenvalue weighted by Gasteiger charge is 2.19. The topological polar surface area (TPSA) is 72.5 Å². The maximum Gasteiger partial charge on any atom is 0.397 e. The van der Waals surface area contributed by atoms with E-state index in [1.807, 2.05) is 6.07 Å². The van der Waals surface area contributed by atoms with Gasteiger partial charge in [0.2, 0.25) is 0 Å². The zero-order chi connectivity index (χ0) is 15.9. The first kappa shape index (κ1) is 15.4. The molecule has 0 atom stereocenters. The first-order valence-electron chi connectivity index (χ1n) is 6.80. The second-order valence-electron chi connectivity index (χ2n) is 4.42. The van der Waals surface area contributed by atoms with Crippen LogP contribution in [-0.2, 0) is 14.3 Å². The zero-order valence-corrected chi connectivity index (χ0v) is 12.0. The second kappa shape index (κ2) is 7.17. The predicted octanol–water partition coefficient (Wildman–Crippen LogP) is 2.42. The number of anilines is 1. The van der Waals surface area contributed by atoms with E-state index in [9.17, 15) is 14.4 Å². The molecule has 2 aromatic carbocycles. The maximum atomic E-state index is 12.5. The minimum atomic E-state index is -0.982. The molecule has 0 radical (unpaired) electrons. The van der Waals surface area contributed by atoms with Crippen LogP contribution in [0.4, 0.5) is 5.69 Å². The summed E-state index contributed by atoms with van der Waals surface area (Å²) >= 11 is 0. The summed E-state index contributed by atoms with van der Waals surface area (Å²) in [6.07, 6.45) is 0. The molecule has 0 heterocycles. The number of hydrogen-bond acceptors (Lipinski definition) is 4. The third-order valence-corrected chi connectivity index (χ3v) is 2.92. The molecule has 0 aromatic heterocycles. The summed E-state index contributed by atoms with van der Waals surface area (Å²) in [5.74, 6) is -2.13. The molecule has 0 saturated carbocycles. The van der Waals surface area contributed by atoms with Gasteiger partial charge in [-0.05, 0) is 19.1 Å². The summed E-state index contributed by atoms with van der Waals surface area (Å²) in [5, 5.41) is 2.41. The number of ketones is 1. The van der Waals surface area contributed by atoms with Crippen molar-refractivity contribution in [3.63, 3.8) is 0 Å². The monoisotopic (exact) mass is 297 g/mol. The van der Waals surface area contributed by atoms with E-state index >= 15 is 0 Å². The van der Waals surface area contributed by atoms with Crippen molar-refractivity contribution in [2.75, 3.05) is 11.9 Å². The zero-order valence-electron chi connectivity index (χ0n) is 12.0. The fourth-order valence-electron chi connectivity index (χ4n) is 1.91. The van der Waals surface area contributed by atoms with E-state index in [2.05, 4.69) is 10.1 Å². The van der Waals surface area contributed by atoms with Crippen molar-refractivity contribution >= 4 is 23.3 Å². The van der Waals surface area contributed by atoms with Gasteiger partial charge in [-0.1, -0.05) is 42.5 Å². The summed E-state index contributed by atoms with van der Waals surface area (Å²) in [4.78, 5) is 35.6. The van der Waals surface area contributed by atoms with Gasteiger partial charge in [-0.25, -0.2) is 4.79 Å². The van der Waals surface area contributed by atoms with Gasteiger partial charge in [0, 0.05) is 11.1 Å². The fourth-order valence-corrected chi connectivity index (χ4v) is 1.91. The molecule has 1 N–H and O–H groups in total. The standard InChI is InChI=1S/C17H15NO4/c1-2-22-17(21)16(20)18-14-11-7-6-10-13(14)15(19)12-8-4-3-5-9-12/h3-11H,2H2,1H3,(H,18,20). The van der Waals surface area contributed by atoms with E-state index in [1.165, 1.54) is 0 Å². The second-order valence-corrected chi connectivity index (χ2v) is 4.42. The molecule has 5 nitrogen and oxygen atoms in total. The summed E-state index contributed by atoms with van der Waals surface area (Å²) in [6.45, 7) is 1.72. The Morgan fingerprint density at radius 2 is 1.59 bits per heavy atom. The number of esters is 1. The van der Waals surface area contributed by atoms with Crippen molar-refractivity contribution in [2.24, 2.45) is 0 Å². The van der Waals surface area contributed by atoms with Gasteiger partial charge in [0.15, 0.2) is 5.78 Å². The average Bonchev–Trinajstić information content (AvgIpc) is 2.55. The quantitative estimate of drug-likeness (QED) is 0.534. The van der Waals surface area contributed by atoms with Gasteiger partial charge in [-0.3, -0.25) is 9.59 Å². The highest BCUT2D eigenvalue weighted by atomic mass is 16.5. The summed E-state index contributed by atoms with van der Waals surface area (Å²) in [6, 6.07) is 15.2. The number of hydrogen-bond donors (Lipinski definition) is 1. The van der Waals surface area contributed by atoms with Crippen LogP contribution < -0.4 is 5.32 Å². The van der Waals surface area contributed by atoms with Crippen LogP contribution in [0, 0.1) is 0 Å². The van der Waals surface area contributed by atoms with Crippen molar-refractivity contribution < 1.29 is 19.1 Å². The lowest BCUT2D eigenvalue weighted by Crippen LogP contribution is -2.26. The number of rotatable bonds is 4. The predicted molar refractivity (Wildman–Crippen MR) is 81.6 cm³/mol. The number of carbonyl (C=O) groups is 3. The minimum Gasteiger partial charge on any atom is -0.459 e. The molecule has 0 saturated heterocycles. The molecule has 0 aliphatic heterocycles. The molecule has 0 spiro atoms. The number of benzene rings is 2. The average molecular weight is 297 g/mol. The van der Waals surface area contributed by atoms with Crippen molar-refractivity contribution in [2.45, 2.75) is 6.92 Å². The van der Waals surface area contributed by atoms with Gasteiger partial charge >= 0.3 is 11.9 Å². The normalized spacial score (nSPS) is 9.86. The minimum absolute atomic E-state index is 0.108. The lowest BCUT2D eigenvalue weighted by molar-refractivity contribution is -0.152. The van der Waals surface area contributed by atoms with Crippen molar-refractivity contribution in [3.05, 3.63) is 65.7 Å². The Kier molecular flexibility index (Phi) is 5.03. The smallest absolute Gasteiger partial charge is 0.397 e. The molecule has 0 aliphatic carbocycles. The van der Waals surface area contributed by atoms with Crippen LogP contribution in [0.25, 0.3) is 0 Å². The third-order valence-electron chi connectivity index (χ3n) is 2.92. The molecule has 0 bridgehead atoms. The number of para-hydroxylation sites is 1. The molecule has 0 fully saturated rings. The van der Waals surface area contributed by atoms with Crippen molar-refractivity contribution in [1.29, 1.82) is 0 Å². The Hall–Kier alpha value is -2.95. The molecule has 0 unspecified atom stereocenters. The number of amides is 1. The summed E-state index contributed by atoms with van der Waals surface area (Å²) in [5.41, 5.74) is 1.08. The molecular formula is C17H15NO4. The van der Waals surface area contributed by atoms with E-state index in [0.29, 0.717) is 11.1 Å². The number of nitrogens with one attached hydrogen (secondary N) is 1. The molecule has 112 valence electrons. The Morgan fingerprint density at radius 1 is 0.955 bits per heavy atom. The first-order valence-corrected chi connectivity index (χ1v) is 6.80. The number of ether oxygens (including phenoxy) is 1. The van der Waals surface area contributed by atoms with Crippen LogP contribution in [0.1, 0.15) is 22.8 Å². The fraction of sp³-hybridized carbons (Fsp3) is 0.118. The van der Waals surface area contributed by atoms with Crippen LogP contribution in [0.5, 0.6) is 0 Å². The lowest BCUT2D eigenvalue weighted by atomic mass is 10.0. The Morgan fingerprint density at radius 3 is 2.27 bits per heavy atom. The Balaban J connectivity index is 2.26. The van der Waals surface area contributed by atoms with E-state index in [-0.39, 0.29) is 18.1 Å². The Bertz CT molecular complexity index is 695. The van der Waals surface area contributed by atoms with E-state index in [4.69, 9.17) is 0 Å². The highest BCUT2D eigenvalue weighted by Crippen LogP contribution is 2.19. The highest BCUT2D eigenvalue weighted by molar-refractivity contribution is 6.37. The molecule has 5 heteroatoms. The largest absolute Gasteiger partial charge is 0.459 e. The van der Waals surface area contributed by atoms with Gasteiger partial charge < -0.3 is 10.1 Å². The molecular weight excluding hydrogens is 282 g/mol. The SMILES string of the molecule is CCOC(=O)C(=O)Nc1ccccc1C(=O)c1ccccc1. The van der Waals surface area contributed by atoms with Crippen molar-refractivity contribution in [3.8, 4) is 0 Å². The number of carbonyl (C=O) groups excluding carboxylic acids is 3. The van der Waals surface area contributed by atoms with Gasteiger partial charge in [0.05, 0.1) is 12.3 Å². The van der Waals surface area contributed by atoms with Crippen molar-refractivity contribution in [1.82, 2.24) is 0 Å². The third kappa shape index (κ3) is 3.58. The van der Waals surface area contributed by atoms with Gasteiger partial charge in [0.1, 0.15) is 0 Å². The maximum absolute atomic E-state index is 12.5. The van der Waals surface area contributed by atoms with Gasteiger partial charge in [0.25, 0.3) is 0 Å². The van der Waals surface area contributed by atoms with E-state index in [1.54, 1.807) is 55.5 Å². The van der Waals surface area contributed by atoms with Crippen LogP contribution in [0.3, 0.4) is 0 Å². The van der Waals surface area contributed by atoms with Crippen LogP contribution in [-0.4, -0.2) is 24.3 Å². The van der Waals surface area contributed by atoms with Crippen LogP contribution in [0.2, 0.25) is 0 Å². The van der Waals surface area contributed by atoms with Gasteiger partial charge in [-0.15, -0.1) is 0 Å². The van der Waals surface area contributed by atoms with E-state index in [0.717, 1.165) is 0 Å². The molecule has 2 rings (SSSR count). The van der Waals surface area contributed by atoms with Crippen LogP contribution in [0.15, 0.2) is 54.6 Å². The first-order chi connectivity index (χ1) is 10.6. The Labute approximate surface area is 127 Å². The summed E-state index contributed by atoms with van der Waals surface area (Å²) in [7, 11) is 0. The molecule has 0 aliphatic rings. The molecule has 1 amide bonds.